The van der Waals surface area contributed by atoms with Gasteiger partial charge in [0, 0.05) is 29.6 Å². The highest BCUT2D eigenvalue weighted by atomic mass is 35.5. The molecule has 1 saturated heterocycles. The van der Waals surface area contributed by atoms with Crippen LogP contribution in [0.5, 0.6) is 11.5 Å². The van der Waals surface area contributed by atoms with Crippen molar-refractivity contribution in [3.05, 3.63) is 47.5 Å². The number of fused-ring (bicyclic) bond motifs is 1. The maximum Gasteiger partial charge on any atom is 0.236 e. The van der Waals surface area contributed by atoms with Crippen LogP contribution in [0.2, 0.25) is 5.02 Å². The summed E-state index contributed by atoms with van der Waals surface area (Å²) in [5.74, 6) is 1.79. The molecular weight excluding hydrogens is 485 g/mol. The number of methoxy groups -OCH3 is 1. The van der Waals surface area contributed by atoms with Gasteiger partial charge in [0.25, 0.3) is 0 Å². The molecule has 0 atom stereocenters. The lowest BCUT2D eigenvalue weighted by Crippen LogP contribution is -2.42. The third-order valence-electron chi connectivity index (χ3n) is 6.31. The number of benzene rings is 2. The zero-order valence-corrected chi connectivity index (χ0v) is 21.5. The van der Waals surface area contributed by atoms with Crippen molar-refractivity contribution in [3.63, 3.8) is 0 Å². The Morgan fingerprint density at radius 1 is 1.19 bits per heavy atom. The molecule has 0 aliphatic carbocycles. The van der Waals surface area contributed by atoms with Crippen LogP contribution in [0.15, 0.2) is 36.7 Å². The summed E-state index contributed by atoms with van der Waals surface area (Å²) in [6.45, 7) is 2.56. The number of aromatic nitrogens is 2. The van der Waals surface area contributed by atoms with Gasteiger partial charge < -0.3 is 24.6 Å². The predicted molar refractivity (Wildman–Crippen MR) is 139 cm³/mol. The first-order chi connectivity index (χ1) is 17.3. The lowest BCUT2D eigenvalue weighted by atomic mass is 9.94. The Morgan fingerprint density at radius 3 is 2.67 bits per heavy atom. The Morgan fingerprint density at radius 2 is 1.97 bits per heavy atom. The van der Waals surface area contributed by atoms with Gasteiger partial charge in [-0.3, -0.25) is 4.79 Å². The number of carbonyl (C=O) groups excluding carboxylic acids is 1. The summed E-state index contributed by atoms with van der Waals surface area (Å²) in [7, 11) is 5.39. The monoisotopic (exact) mass is 515 g/mol. The number of anilines is 2. The van der Waals surface area contributed by atoms with Crippen LogP contribution in [0.25, 0.3) is 10.9 Å². The molecule has 1 fully saturated rings. The van der Waals surface area contributed by atoms with Crippen molar-refractivity contribution in [2.75, 3.05) is 52.8 Å². The molecule has 0 bridgehead atoms. The summed E-state index contributed by atoms with van der Waals surface area (Å²) in [6.07, 6.45) is 4.26. The highest BCUT2D eigenvalue weighted by Gasteiger charge is 2.23. The zero-order chi connectivity index (χ0) is 25.7. The molecule has 1 aromatic heterocycles. The molecule has 2 heterocycles. The topological polar surface area (TPSA) is 79.8 Å². The van der Waals surface area contributed by atoms with Gasteiger partial charge >= 0.3 is 0 Å². The number of hydrogen-bond donors (Lipinski definition) is 1. The van der Waals surface area contributed by atoms with Gasteiger partial charge in [0.1, 0.15) is 18.0 Å². The molecule has 10 heteroatoms. The quantitative estimate of drug-likeness (QED) is 0.440. The first-order valence-electron chi connectivity index (χ1n) is 11.9. The van der Waals surface area contributed by atoms with E-state index >= 15 is 0 Å². The van der Waals surface area contributed by atoms with E-state index in [2.05, 4.69) is 15.3 Å². The molecule has 36 heavy (non-hydrogen) atoms. The number of amides is 1. The Balaban J connectivity index is 1.39. The second kappa shape index (κ2) is 11.7. The fourth-order valence-corrected chi connectivity index (χ4v) is 4.49. The van der Waals surface area contributed by atoms with Crippen LogP contribution in [-0.4, -0.2) is 73.1 Å². The minimum atomic E-state index is -0.478. The number of rotatable bonds is 9. The van der Waals surface area contributed by atoms with Gasteiger partial charge in [0.15, 0.2) is 11.5 Å². The van der Waals surface area contributed by atoms with E-state index in [1.54, 1.807) is 25.3 Å². The van der Waals surface area contributed by atoms with E-state index in [9.17, 15) is 9.18 Å². The van der Waals surface area contributed by atoms with Gasteiger partial charge in [-0.25, -0.2) is 14.4 Å². The summed E-state index contributed by atoms with van der Waals surface area (Å²) < 4.78 is 25.9. The number of carbonyl (C=O) groups is 1. The molecule has 3 aromatic rings. The standard InChI is InChI=1S/C26H31ClFN5O3/c1-32(2)15-25(34)33-9-6-17(7-10-33)8-11-36-24-14-22-19(13-23(24)35-3)26(30-16-29-22)31-21-5-4-18(27)12-20(21)28/h4-5,12-14,16-17H,6-11,15H2,1-3H3,(H,29,30,31). The molecule has 2 aromatic carbocycles. The molecular formula is C26H31ClFN5O3. The molecule has 1 aliphatic rings. The maximum absolute atomic E-state index is 14.3. The third kappa shape index (κ3) is 6.33. The second-order valence-corrected chi connectivity index (χ2v) is 9.63. The molecule has 0 saturated carbocycles. The van der Waals surface area contributed by atoms with E-state index in [-0.39, 0.29) is 11.6 Å². The van der Waals surface area contributed by atoms with Crippen LogP contribution < -0.4 is 14.8 Å². The van der Waals surface area contributed by atoms with Crippen LogP contribution >= 0.6 is 11.6 Å². The zero-order valence-electron chi connectivity index (χ0n) is 20.8. The predicted octanol–water partition coefficient (Wildman–Crippen LogP) is 4.74. The molecule has 0 unspecified atom stereocenters. The van der Waals surface area contributed by atoms with Gasteiger partial charge in [-0.1, -0.05) is 11.6 Å². The highest BCUT2D eigenvalue weighted by Crippen LogP contribution is 2.35. The SMILES string of the molecule is COc1cc2c(Nc3ccc(Cl)cc3F)ncnc2cc1OCCC1CCN(C(=O)CN(C)C)CC1. The number of nitrogens with one attached hydrogen (secondary N) is 1. The average Bonchev–Trinajstić information content (AvgIpc) is 2.85. The van der Waals surface area contributed by atoms with Crippen molar-refractivity contribution in [2.24, 2.45) is 5.92 Å². The summed E-state index contributed by atoms with van der Waals surface area (Å²) >= 11 is 5.86. The van der Waals surface area contributed by atoms with E-state index in [1.807, 2.05) is 30.0 Å². The van der Waals surface area contributed by atoms with E-state index in [0.717, 1.165) is 32.4 Å². The van der Waals surface area contributed by atoms with Crippen molar-refractivity contribution in [1.29, 1.82) is 0 Å². The normalized spacial score (nSPS) is 14.3. The van der Waals surface area contributed by atoms with Gasteiger partial charge in [0.05, 0.1) is 31.5 Å². The summed E-state index contributed by atoms with van der Waals surface area (Å²) in [4.78, 5) is 24.7. The first-order valence-corrected chi connectivity index (χ1v) is 12.3. The van der Waals surface area contributed by atoms with Crippen LogP contribution in [0, 0.1) is 11.7 Å². The lowest BCUT2D eigenvalue weighted by Gasteiger charge is -2.32. The minimum Gasteiger partial charge on any atom is -0.493 e. The maximum atomic E-state index is 14.3. The third-order valence-corrected chi connectivity index (χ3v) is 6.54. The Bertz CT molecular complexity index is 1220. The largest absolute Gasteiger partial charge is 0.493 e. The number of hydrogen-bond acceptors (Lipinski definition) is 7. The average molecular weight is 516 g/mol. The number of halogens is 2. The van der Waals surface area contributed by atoms with Crippen LogP contribution in [0.1, 0.15) is 19.3 Å². The summed E-state index contributed by atoms with van der Waals surface area (Å²) in [5.41, 5.74) is 0.901. The molecule has 1 aliphatic heterocycles. The van der Waals surface area contributed by atoms with Crippen molar-refractivity contribution in [2.45, 2.75) is 19.3 Å². The van der Waals surface area contributed by atoms with Crippen LogP contribution in [0.3, 0.4) is 0 Å². The lowest BCUT2D eigenvalue weighted by molar-refractivity contribution is -0.133. The number of piperidine rings is 1. The van der Waals surface area contributed by atoms with Crippen molar-refractivity contribution >= 4 is 39.9 Å². The number of likely N-dealkylation sites (N-methyl/N-ethyl adjacent to an activating group) is 1. The summed E-state index contributed by atoms with van der Waals surface area (Å²) in [6, 6.07) is 8.00. The fraction of sp³-hybridized carbons (Fsp3) is 0.423. The van der Waals surface area contributed by atoms with E-state index in [1.165, 1.54) is 12.4 Å². The number of ether oxygens (including phenoxy) is 2. The Hall–Kier alpha value is -3.17. The molecule has 192 valence electrons. The van der Waals surface area contributed by atoms with Crippen molar-refractivity contribution < 1.29 is 18.7 Å². The van der Waals surface area contributed by atoms with E-state index in [0.29, 0.717) is 52.3 Å². The van der Waals surface area contributed by atoms with E-state index < -0.39 is 5.82 Å². The Kier molecular flexibility index (Phi) is 8.43. The molecule has 4 rings (SSSR count). The number of nitrogens with zero attached hydrogens (tertiary/aromatic N) is 4. The van der Waals surface area contributed by atoms with Crippen LogP contribution in [-0.2, 0) is 4.79 Å². The van der Waals surface area contributed by atoms with Crippen molar-refractivity contribution in [1.82, 2.24) is 19.8 Å². The van der Waals surface area contributed by atoms with Crippen molar-refractivity contribution in [3.8, 4) is 11.5 Å². The first kappa shape index (κ1) is 25.9. The Labute approximate surface area is 215 Å². The van der Waals surface area contributed by atoms with Gasteiger partial charge in [-0.2, -0.15) is 0 Å². The summed E-state index contributed by atoms with van der Waals surface area (Å²) in [5, 5.41) is 4.00. The fourth-order valence-electron chi connectivity index (χ4n) is 4.33. The number of likely N-dealkylation sites (tertiary alicyclic amines) is 1. The van der Waals surface area contributed by atoms with Gasteiger partial charge in [-0.15, -0.1) is 0 Å². The molecule has 8 nitrogen and oxygen atoms in total. The highest BCUT2D eigenvalue weighted by molar-refractivity contribution is 6.30. The second-order valence-electron chi connectivity index (χ2n) is 9.19. The van der Waals surface area contributed by atoms with Crippen LogP contribution in [0.4, 0.5) is 15.9 Å². The molecule has 1 amide bonds. The minimum absolute atomic E-state index is 0.185. The van der Waals surface area contributed by atoms with E-state index in [4.69, 9.17) is 21.1 Å². The molecule has 1 N–H and O–H groups in total. The van der Waals surface area contributed by atoms with Gasteiger partial charge in [0.2, 0.25) is 5.91 Å². The molecule has 0 radical (unpaired) electrons. The van der Waals surface area contributed by atoms with Gasteiger partial charge in [-0.05, 0) is 63.5 Å². The smallest absolute Gasteiger partial charge is 0.236 e. The molecule has 0 spiro atoms.